The van der Waals surface area contributed by atoms with Crippen molar-refractivity contribution in [1.82, 2.24) is 43.4 Å². The summed E-state index contributed by atoms with van der Waals surface area (Å²) >= 11 is 0. The monoisotopic (exact) mass is 1270 g/mol. The van der Waals surface area contributed by atoms with E-state index in [1.165, 1.54) is 34.0 Å². The third-order valence-corrected chi connectivity index (χ3v) is 17.5. The highest BCUT2D eigenvalue weighted by Crippen LogP contribution is 2.37. The predicted molar refractivity (Wildman–Crippen MR) is 356 cm³/mol. The summed E-state index contributed by atoms with van der Waals surface area (Å²) in [5, 5.41) is 40.0. The first kappa shape index (κ1) is 62.1. The number of nitrogens with zero attached hydrogens (tertiary/aromatic N) is 14. The molecule has 0 atom stereocenters. The molecule has 3 aliphatic heterocycles. The number of carbonyl (C=O) groups is 3. The fourth-order valence-electron chi connectivity index (χ4n) is 12.7. The minimum atomic E-state index is -0.646. The van der Waals surface area contributed by atoms with Crippen LogP contribution < -0.4 is 31.4 Å². The second-order valence-corrected chi connectivity index (χ2v) is 22.7. The second-order valence-electron chi connectivity index (χ2n) is 22.7. The van der Waals surface area contributed by atoms with Crippen molar-refractivity contribution in [2.45, 2.75) is 0 Å². The summed E-state index contributed by atoms with van der Waals surface area (Å²) in [4.78, 5) is 133. The number of piperazine rings is 3. The molecule has 5 aromatic carbocycles. The molecule has 94 heavy (non-hydrogen) atoms. The van der Waals surface area contributed by atoms with Crippen molar-refractivity contribution >= 4 is 106 Å². The van der Waals surface area contributed by atoms with Crippen molar-refractivity contribution in [3.8, 4) is 0 Å². The van der Waals surface area contributed by atoms with Crippen molar-refractivity contribution in [2.75, 3.05) is 93.2 Å². The van der Waals surface area contributed by atoms with E-state index >= 15 is 0 Å². The molecule has 0 saturated carbocycles. The fraction of sp³-hybridized carbons (Fsp3) is 0.224. The molecule has 27 heteroatoms. The molecule has 0 aliphatic carbocycles. The molecule has 3 aliphatic rings. The molecule has 3 fully saturated rings. The van der Waals surface area contributed by atoms with Gasteiger partial charge in [-0.15, -0.1) is 0 Å². The maximum Gasteiger partial charge on any atom is 0.357 e. The zero-order valence-corrected chi connectivity index (χ0v) is 51.2. The van der Waals surface area contributed by atoms with Gasteiger partial charge in [0.25, 0.3) is 17.7 Å². The Hall–Kier alpha value is -12.2. The van der Waals surface area contributed by atoms with Gasteiger partial charge in [-0.05, 0) is 53.9 Å². The Labute approximate surface area is 533 Å². The molecule has 1 N–H and O–H groups in total. The number of amides is 3. The van der Waals surface area contributed by atoms with Crippen LogP contribution in [0.15, 0.2) is 179 Å². The number of pyridine rings is 5. The molecular weight excluding hydrogens is 1210 g/mol. The van der Waals surface area contributed by atoms with Crippen molar-refractivity contribution in [1.29, 1.82) is 0 Å². The van der Waals surface area contributed by atoms with Gasteiger partial charge in [0.05, 0.1) is 36.9 Å². The van der Waals surface area contributed by atoms with E-state index in [2.05, 4.69) is 15.0 Å². The van der Waals surface area contributed by atoms with Crippen molar-refractivity contribution < 1.29 is 29.2 Å². The number of hydrogen-bond donors (Lipinski definition) is 1. The molecule has 3 saturated heterocycles. The van der Waals surface area contributed by atoms with E-state index in [4.69, 9.17) is 0 Å². The lowest BCUT2D eigenvalue weighted by molar-refractivity contribution is -0.385. The first-order valence-corrected chi connectivity index (χ1v) is 30.1. The van der Waals surface area contributed by atoms with Crippen LogP contribution in [-0.4, -0.2) is 154 Å². The first-order valence-electron chi connectivity index (χ1n) is 30.1. The van der Waals surface area contributed by atoms with Gasteiger partial charge in [0, 0.05) is 151 Å². The number of aromatic amines is 1. The maximum atomic E-state index is 13.2. The standard InChI is InChI=1S/C24H21N5O4.C23H21N5O4.C20H19N5O4/c1-26-19-9-5-4-8-18(19)21(22(24(26)31)29(32)33)27-12-14-28(15-13-27)23(30)20-17-7-3-2-6-16(17)10-11-25-20;1-25-19-9-5-3-7-16(19)20(21(23(25)30)28(31)32)26-10-12-27(13-11-26)22(29)18-14-15-6-2-4-8-17(15)24-18;1-22-16-7-3-2-6-15(16)17(18(20(22)27)25(28)29)23-9-11-24(12-10-23)19(26)14-5-4-8-21-13-14/h2-11H,12-15H2,1H3;2-9,14,24H,10-13H2,1H3;2-8,13H,9-12H2,1H3. The number of para-hydroxylation sites is 4. The van der Waals surface area contributed by atoms with E-state index in [1.807, 2.05) is 75.4 Å². The van der Waals surface area contributed by atoms with Crippen LogP contribution in [0.4, 0.5) is 34.1 Å². The van der Waals surface area contributed by atoms with Crippen LogP contribution in [0.1, 0.15) is 31.3 Å². The van der Waals surface area contributed by atoms with Gasteiger partial charge >= 0.3 is 33.7 Å². The van der Waals surface area contributed by atoms with Crippen LogP contribution in [0.2, 0.25) is 0 Å². The number of nitrogens with one attached hydrogen (secondary N) is 1. The number of fused-ring (bicyclic) bond motifs is 5. The van der Waals surface area contributed by atoms with Gasteiger partial charge in [0.2, 0.25) is 0 Å². The van der Waals surface area contributed by atoms with Crippen LogP contribution in [0.5, 0.6) is 0 Å². The lowest BCUT2D eigenvalue weighted by Gasteiger charge is -2.36. The number of aryl methyl sites for hydroxylation is 3. The topological polar surface area (TPSA) is 308 Å². The lowest BCUT2D eigenvalue weighted by Crippen LogP contribution is -2.49. The Morgan fingerprint density at radius 2 is 0.809 bits per heavy atom. The summed E-state index contributed by atoms with van der Waals surface area (Å²) in [5.41, 5.74) is 1.95. The average molecular weight is 1270 g/mol. The van der Waals surface area contributed by atoms with E-state index in [0.717, 1.165) is 21.7 Å². The summed E-state index contributed by atoms with van der Waals surface area (Å²) in [7, 11) is 4.61. The second kappa shape index (κ2) is 26.0. The molecular formula is C67H61N15O12. The number of aromatic nitrogens is 6. The minimum absolute atomic E-state index is 0.107. The summed E-state index contributed by atoms with van der Waals surface area (Å²) < 4.78 is 3.93. The van der Waals surface area contributed by atoms with Gasteiger partial charge in [-0.1, -0.05) is 97.1 Å². The minimum Gasteiger partial charge on any atom is -0.362 e. The van der Waals surface area contributed by atoms with Crippen LogP contribution >= 0.6 is 0 Å². The summed E-state index contributed by atoms with van der Waals surface area (Å²) in [6.45, 7) is 4.63. The van der Waals surface area contributed by atoms with E-state index in [0.29, 0.717) is 145 Å². The zero-order chi connectivity index (χ0) is 66.1. The Bertz CT molecular complexity index is 5010. The Morgan fingerprint density at radius 1 is 0.426 bits per heavy atom. The molecule has 0 bridgehead atoms. The number of hydrogen-bond acceptors (Lipinski definition) is 17. The largest absolute Gasteiger partial charge is 0.362 e. The molecule has 0 radical (unpaired) electrons. The summed E-state index contributed by atoms with van der Waals surface area (Å²) in [6, 6.07) is 43.9. The third-order valence-electron chi connectivity index (χ3n) is 17.5. The highest BCUT2D eigenvalue weighted by Gasteiger charge is 2.36. The molecule has 27 nitrogen and oxygen atoms in total. The average Bonchev–Trinajstić information content (AvgIpc) is 0.938. The van der Waals surface area contributed by atoms with Crippen LogP contribution in [0.3, 0.4) is 0 Å². The summed E-state index contributed by atoms with van der Waals surface area (Å²) in [6.07, 6.45) is 4.75. The predicted octanol–water partition coefficient (Wildman–Crippen LogP) is 7.65. The van der Waals surface area contributed by atoms with Gasteiger partial charge in [0.15, 0.2) is 0 Å². The molecule has 6 aromatic heterocycles. The number of rotatable bonds is 9. The lowest BCUT2D eigenvalue weighted by atomic mass is 10.1. The van der Waals surface area contributed by atoms with Crippen molar-refractivity contribution in [3.05, 3.63) is 243 Å². The van der Waals surface area contributed by atoms with E-state index in [-0.39, 0.29) is 17.7 Å². The number of nitro groups is 3. The smallest absolute Gasteiger partial charge is 0.357 e. The van der Waals surface area contributed by atoms with Crippen LogP contribution in [0, 0.1) is 30.3 Å². The quantitative estimate of drug-likeness (QED) is 0.107. The molecule has 0 spiro atoms. The van der Waals surface area contributed by atoms with Gasteiger partial charge in [-0.3, -0.25) is 69.1 Å². The van der Waals surface area contributed by atoms with Crippen molar-refractivity contribution in [2.24, 2.45) is 21.1 Å². The molecule has 14 rings (SSSR count). The first-order chi connectivity index (χ1) is 45.4. The third kappa shape index (κ3) is 11.6. The number of H-pyrrole nitrogens is 1. The molecule has 11 aromatic rings. The number of benzene rings is 5. The normalized spacial score (nSPS) is 14.2. The molecule has 0 unspecified atom stereocenters. The van der Waals surface area contributed by atoms with Crippen LogP contribution in [0.25, 0.3) is 54.4 Å². The SMILES string of the molecule is Cn1c(=O)c([N+](=O)[O-])c(N2CCN(C(=O)c3cc4ccccc4[nH]3)CC2)c2ccccc21.Cn1c(=O)c([N+](=O)[O-])c(N2CCN(C(=O)c3cccnc3)CC2)c2ccccc21.Cn1c(=O)c([N+](=O)[O-])c(N2CCN(C(=O)c3nccc4ccccc34)CC2)c2ccccc21. The van der Waals surface area contributed by atoms with E-state index in [1.54, 1.807) is 119 Å². The number of anilines is 3. The Morgan fingerprint density at radius 3 is 1.22 bits per heavy atom. The van der Waals surface area contributed by atoms with Gasteiger partial charge in [-0.25, -0.2) is 0 Å². The fourth-order valence-corrected chi connectivity index (χ4v) is 12.7. The van der Waals surface area contributed by atoms with E-state index < -0.39 is 48.5 Å². The summed E-state index contributed by atoms with van der Waals surface area (Å²) in [5.74, 6) is -0.403. The Kier molecular flexibility index (Phi) is 17.1. The maximum absolute atomic E-state index is 13.2. The van der Waals surface area contributed by atoms with Gasteiger partial charge < -0.3 is 48.1 Å². The van der Waals surface area contributed by atoms with Gasteiger partial charge in [0.1, 0.15) is 28.5 Å². The molecule has 3 amide bonds. The number of carbonyl (C=O) groups excluding carboxylic acids is 3. The highest BCUT2D eigenvalue weighted by molar-refractivity contribution is 6.06. The zero-order valence-electron chi connectivity index (χ0n) is 51.2. The Balaban J connectivity index is 0.000000136. The van der Waals surface area contributed by atoms with Gasteiger partial charge in [-0.2, -0.15) is 0 Å². The van der Waals surface area contributed by atoms with E-state index in [9.17, 15) is 59.1 Å². The highest BCUT2D eigenvalue weighted by atomic mass is 16.6. The molecule has 9 heterocycles. The molecule has 476 valence electrons. The van der Waals surface area contributed by atoms with Crippen molar-refractivity contribution in [3.63, 3.8) is 0 Å². The van der Waals surface area contributed by atoms with Crippen LogP contribution in [-0.2, 0) is 21.1 Å².